The fourth-order valence-corrected chi connectivity index (χ4v) is 1.45. The normalized spacial score (nSPS) is 16.8. The number of allylic oxidation sites excluding steroid dienone is 2. The number of hydrogen-bond donors (Lipinski definition) is 0. The van der Waals surface area contributed by atoms with Gasteiger partial charge in [0.25, 0.3) is 0 Å². The maximum atomic E-state index is 3.78. The lowest BCUT2D eigenvalue weighted by Gasteiger charge is -2.36. The number of rotatable bonds is 3. The first-order valence-electron chi connectivity index (χ1n) is 5.31. The molecule has 0 saturated heterocycles. The molecular formula is C12H23N. The lowest BCUT2D eigenvalue weighted by atomic mass is 9.91. The van der Waals surface area contributed by atoms with Gasteiger partial charge in [-0.2, -0.15) is 0 Å². The Labute approximate surface area is 83.1 Å². The van der Waals surface area contributed by atoms with E-state index in [1.54, 1.807) is 0 Å². The summed E-state index contributed by atoms with van der Waals surface area (Å²) in [5.41, 5.74) is 1.26. The summed E-state index contributed by atoms with van der Waals surface area (Å²) in [5.74, 6) is 0. The zero-order chi connectivity index (χ0) is 10.3. The van der Waals surface area contributed by atoms with E-state index in [1.165, 1.54) is 25.0 Å². The highest BCUT2D eigenvalue weighted by Gasteiger charge is 2.21. The monoisotopic (exact) mass is 181 g/mol. The Morgan fingerprint density at radius 2 is 1.92 bits per heavy atom. The van der Waals surface area contributed by atoms with Crippen LogP contribution in [0.2, 0.25) is 0 Å². The Balaban J connectivity index is 0.000000671. The van der Waals surface area contributed by atoms with Gasteiger partial charge >= 0.3 is 0 Å². The maximum Gasteiger partial charge on any atom is 0.0316 e. The van der Waals surface area contributed by atoms with E-state index >= 15 is 0 Å². The van der Waals surface area contributed by atoms with Crippen LogP contribution in [-0.2, 0) is 0 Å². The minimum absolute atomic E-state index is 0.777. The molecule has 0 amide bonds. The topological polar surface area (TPSA) is 3.24 Å². The molecule has 0 aromatic heterocycles. The van der Waals surface area contributed by atoms with Crippen LogP contribution in [0.15, 0.2) is 24.4 Å². The third-order valence-electron chi connectivity index (χ3n) is 2.53. The molecule has 1 aliphatic rings. The van der Waals surface area contributed by atoms with Gasteiger partial charge in [-0.3, -0.25) is 0 Å². The first-order valence-corrected chi connectivity index (χ1v) is 5.31. The lowest BCUT2D eigenvalue weighted by molar-refractivity contribution is 0.206. The van der Waals surface area contributed by atoms with E-state index in [0.29, 0.717) is 0 Å². The van der Waals surface area contributed by atoms with E-state index in [4.69, 9.17) is 0 Å². The highest BCUT2D eigenvalue weighted by molar-refractivity contribution is 5.14. The lowest BCUT2D eigenvalue weighted by Crippen LogP contribution is -2.35. The first-order chi connectivity index (χ1) is 6.29. The van der Waals surface area contributed by atoms with Gasteiger partial charge in [0.15, 0.2) is 0 Å². The van der Waals surface area contributed by atoms with Crippen LogP contribution in [0.25, 0.3) is 0 Å². The Hall–Kier alpha value is -0.720. The van der Waals surface area contributed by atoms with Gasteiger partial charge in [-0.1, -0.05) is 26.5 Å². The molecule has 0 atom stereocenters. The zero-order valence-electron chi connectivity index (χ0n) is 9.51. The Bertz CT molecular complexity index is 166. The predicted octanol–water partition coefficient (Wildman–Crippen LogP) is 3.59. The van der Waals surface area contributed by atoms with Crippen LogP contribution in [0.5, 0.6) is 0 Å². The van der Waals surface area contributed by atoms with Crippen molar-refractivity contribution < 1.29 is 0 Å². The summed E-state index contributed by atoms with van der Waals surface area (Å²) in [7, 11) is 2.15. The highest BCUT2D eigenvalue weighted by atomic mass is 15.1. The SMILES string of the molecule is C=C/C(=C\C)N(C)C1CCC1.CC. The maximum absolute atomic E-state index is 3.78. The highest BCUT2D eigenvalue weighted by Crippen LogP contribution is 2.26. The molecule has 1 heteroatoms. The summed E-state index contributed by atoms with van der Waals surface area (Å²) in [6, 6.07) is 0.777. The van der Waals surface area contributed by atoms with E-state index in [0.717, 1.165) is 6.04 Å². The Morgan fingerprint density at radius 1 is 1.38 bits per heavy atom. The van der Waals surface area contributed by atoms with E-state index in [9.17, 15) is 0 Å². The molecule has 0 heterocycles. The third kappa shape index (κ3) is 3.25. The average molecular weight is 181 g/mol. The van der Waals surface area contributed by atoms with Crippen molar-refractivity contribution in [3.63, 3.8) is 0 Å². The third-order valence-corrected chi connectivity index (χ3v) is 2.53. The summed E-state index contributed by atoms with van der Waals surface area (Å²) < 4.78 is 0. The van der Waals surface area contributed by atoms with Crippen LogP contribution in [0, 0.1) is 0 Å². The van der Waals surface area contributed by atoms with Crippen LogP contribution < -0.4 is 0 Å². The van der Waals surface area contributed by atoms with Crippen molar-refractivity contribution in [1.82, 2.24) is 4.90 Å². The summed E-state index contributed by atoms with van der Waals surface area (Å²) >= 11 is 0. The fourth-order valence-electron chi connectivity index (χ4n) is 1.45. The van der Waals surface area contributed by atoms with Crippen molar-refractivity contribution in [3.05, 3.63) is 24.4 Å². The van der Waals surface area contributed by atoms with E-state index in [2.05, 4.69) is 31.5 Å². The van der Waals surface area contributed by atoms with Crippen molar-refractivity contribution in [3.8, 4) is 0 Å². The second-order valence-corrected chi connectivity index (χ2v) is 3.11. The van der Waals surface area contributed by atoms with Gasteiger partial charge < -0.3 is 4.90 Å². The largest absolute Gasteiger partial charge is 0.372 e. The minimum atomic E-state index is 0.777. The summed E-state index contributed by atoms with van der Waals surface area (Å²) in [5, 5.41) is 0. The summed E-state index contributed by atoms with van der Waals surface area (Å²) in [6.07, 6.45) is 8.14. The molecule has 1 saturated carbocycles. The number of hydrogen-bond acceptors (Lipinski definition) is 1. The Kier molecular flexibility index (Phi) is 6.38. The van der Waals surface area contributed by atoms with Crippen LogP contribution in [-0.4, -0.2) is 18.0 Å². The van der Waals surface area contributed by atoms with Gasteiger partial charge in [0.05, 0.1) is 0 Å². The van der Waals surface area contributed by atoms with E-state index in [1.807, 2.05) is 19.9 Å². The molecule has 1 fully saturated rings. The van der Waals surface area contributed by atoms with Crippen molar-refractivity contribution in [2.45, 2.75) is 46.1 Å². The smallest absolute Gasteiger partial charge is 0.0316 e. The molecule has 0 aromatic carbocycles. The van der Waals surface area contributed by atoms with Crippen molar-refractivity contribution >= 4 is 0 Å². The van der Waals surface area contributed by atoms with Gasteiger partial charge in [0, 0.05) is 18.8 Å². The predicted molar refractivity (Wildman–Crippen MR) is 60.7 cm³/mol. The molecule has 13 heavy (non-hydrogen) atoms. The molecule has 0 unspecified atom stereocenters. The molecule has 76 valence electrons. The fraction of sp³-hybridized carbons (Fsp3) is 0.667. The van der Waals surface area contributed by atoms with Crippen molar-refractivity contribution in [2.75, 3.05) is 7.05 Å². The molecule has 0 radical (unpaired) electrons. The molecule has 0 aromatic rings. The van der Waals surface area contributed by atoms with Gasteiger partial charge in [-0.05, 0) is 32.3 Å². The molecule has 0 bridgehead atoms. The van der Waals surface area contributed by atoms with Crippen LogP contribution >= 0.6 is 0 Å². The van der Waals surface area contributed by atoms with Gasteiger partial charge in [-0.15, -0.1) is 0 Å². The quantitative estimate of drug-likeness (QED) is 0.601. The standard InChI is InChI=1S/C10H17N.C2H6/c1-4-9(5-2)11(3)10-7-6-8-10;1-2/h4-5,10H,1,6-8H2,2-3H3;1-2H3/b9-5+;. The second-order valence-electron chi connectivity index (χ2n) is 3.11. The Morgan fingerprint density at radius 3 is 2.15 bits per heavy atom. The first kappa shape index (κ1) is 12.3. The minimum Gasteiger partial charge on any atom is -0.372 e. The zero-order valence-corrected chi connectivity index (χ0v) is 9.51. The van der Waals surface area contributed by atoms with Crippen LogP contribution in [0.3, 0.4) is 0 Å². The number of nitrogens with zero attached hydrogens (tertiary/aromatic N) is 1. The molecule has 1 nitrogen and oxygen atoms in total. The van der Waals surface area contributed by atoms with E-state index < -0.39 is 0 Å². The van der Waals surface area contributed by atoms with Crippen molar-refractivity contribution in [1.29, 1.82) is 0 Å². The molecule has 0 aliphatic heterocycles. The molecule has 1 rings (SSSR count). The van der Waals surface area contributed by atoms with Crippen LogP contribution in [0.4, 0.5) is 0 Å². The molecular weight excluding hydrogens is 158 g/mol. The van der Waals surface area contributed by atoms with Gasteiger partial charge in [0.1, 0.15) is 0 Å². The van der Waals surface area contributed by atoms with E-state index in [-0.39, 0.29) is 0 Å². The van der Waals surface area contributed by atoms with Crippen LogP contribution in [0.1, 0.15) is 40.0 Å². The molecule has 0 spiro atoms. The molecule has 0 N–H and O–H groups in total. The van der Waals surface area contributed by atoms with Gasteiger partial charge in [0.2, 0.25) is 0 Å². The second kappa shape index (κ2) is 6.76. The average Bonchev–Trinajstić information content (AvgIpc) is 2.07. The van der Waals surface area contributed by atoms with Gasteiger partial charge in [-0.25, -0.2) is 0 Å². The number of likely N-dealkylation sites (N-methyl/N-ethyl adjacent to an activating group) is 1. The van der Waals surface area contributed by atoms with Crippen molar-refractivity contribution in [2.24, 2.45) is 0 Å². The summed E-state index contributed by atoms with van der Waals surface area (Å²) in [6.45, 7) is 9.85. The molecule has 1 aliphatic carbocycles. The summed E-state index contributed by atoms with van der Waals surface area (Å²) in [4.78, 5) is 2.33.